The molecule has 3 nitrogen and oxygen atoms in total. The highest BCUT2D eigenvalue weighted by Gasteiger charge is 2.24. The lowest BCUT2D eigenvalue weighted by molar-refractivity contribution is -0.159. The van der Waals surface area contributed by atoms with Gasteiger partial charge in [0.05, 0.1) is 5.92 Å². The van der Waals surface area contributed by atoms with Crippen molar-refractivity contribution >= 4 is 5.97 Å². The van der Waals surface area contributed by atoms with E-state index >= 15 is 0 Å². The number of rotatable bonds is 3. The van der Waals surface area contributed by atoms with E-state index in [0.717, 1.165) is 25.7 Å². The van der Waals surface area contributed by atoms with Gasteiger partial charge >= 0.3 is 5.97 Å². The molecule has 0 amide bonds. The summed E-state index contributed by atoms with van der Waals surface area (Å²) in [5.41, 5.74) is 2.97. The van der Waals surface area contributed by atoms with Gasteiger partial charge in [-0.25, -0.2) is 0 Å². The summed E-state index contributed by atoms with van der Waals surface area (Å²) in [5.74, 6) is 0.134. The Morgan fingerprint density at radius 3 is 2.06 bits per heavy atom. The zero-order valence-electron chi connectivity index (χ0n) is 10.0. The standard InChI is InChI=1S/C13H23NO2/c15-13(11-7-3-1-4-8-11)16-14-12-9-5-2-6-10-12/h11-12,14H,1-10H2. The fourth-order valence-corrected chi connectivity index (χ4v) is 2.78. The molecule has 2 saturated carbocycles. The number of hydrogen-bond donors (Lipinski definition) is 1. The third kappa shape index (κ3) is 3.48. The van der Waals surface area contributed by atoms with Crippen LogP contribution in [0.1, 0.15) is 64.2 Å². The van der Waals surface area contributed by atoms with Gasteiger partial charge in [-0.15, -0.1) is 0 Å². The van der Waals surface area contributed by atoms with Gasteiger partial charge in [0, 0.05) is 6.04 Å². The topological polar surface area (TPSA) is 38.3 Å². The zero-order chi connectivity index (χ0) is 11.2. The van der Waals surface area contributed by atoms with Crippen LogP contribution in [0, 0.1) is 5.92 Å². The number of nitrogens with one attached hydrogen (secondary N) is 1. The van der Waals surface area contributed by atoms with Crippen molar-refractivity contribution in [1.29, 1.82) is 0 Å². The Morgan fingerprint density at radius 1 is 0.875 bits per heavy atom. The van der Waals surface area contributed by atoms with E-state index in [4.69, 9.17) is 4.84 Å². The molecular formula is C13H23NO2. The Balaban J connectivity index is 1.65. The molecule has 3 heteroatoms. The normalized spacial score (nSPS) is 24.2. The van der Waals surface area contributed by atoms with Crippen LogP contribution in [0.15, 0.2) is 0 Å². The molecule has 0 aromatic carbocycles. The lowest BCUT2D eigenvalue weighted by Crippen LogP contribution is -2.35. The molecule has 0 heterocycles. The maximum absolute atomic E-state index is 11.8. The predicted molar refractivity (Wildman–Crippen MR) is 62.7 cm³/mol. The predicted octanol–water partition coefficient (Wildman–Crippen LogP) is 2.95. The van der Waals surface area contributed by atoms with Crippen molar-refractivity contribution in [3.8, 4) is 0 Å². The minimum atomic E-state index is -0.0229. The Bertz CT molecular complexity index is 218. The second-order valence-electron chi connectivity index (χ2n) is 5.21. The summed E-state index contributed by atoms with van der Waals surface area (Å²) in [5, 5.41) is 0. The maximum Gasteiger partial charge on any atom is 0.327 e. The summed E-state index contributed by atoms with van der Waals surface area (Å²) in [6, 6.07) is 0.404. The van der Waals surface area contributed by atoms with E-state index < -0.39 is 0 Å². The quantitative estimate of drug-likeness (QED) is 0.750. The van der Waals surface area contributed by atoms with Crippen molar-refractivity contribution < 1.29 is 9.63 Å². The largest absolute Gasteiger partial charge is 0.370 e. The van der Waals surface area contributed by atoms with Crippen molar-refractivity contribution in [3.63, 3.8) is 0 Å². The fraction of sp³-hybridized carbons (Fsp3) is 0.923. The van der Waals surface area contributed by atoms with Crippen LogP contribution in [0.25, 0.3) is 0 Å². The maximum atomic E-state index is 11.8. The third-order valence-corrected chi connectivity index (χ3v) is 3.87. The minimum absolute atomic E-state index is 0.0229. The highest BCUT2D eigenvalue weighted by molar-refractivity contribution is 5.72. The van der Waals surface area contributed by atoms with Gasteiger partial charge in [0.25, 0.3) is 0 Å². The summed E-state index contributed by atoms with van der Waals surface area (Å²) in [6.07, 6.45) is 11.8. The van der Waals surface area contributed by atoms with Crippen LogP contribution >= 0.6 is 0 Å². The average molecular weight is 225 g/mol. The van der Waals surface area contributed by atoms with Gasteiger partial charge < -0.3 is 4.84 Å². The van der Waals surface area contributed by atoms with Gasteiger partial charge in [-0.1, -0.05) is 38.5 Å². The SMILES string of the molecule is O=C(ONC1CCCCC1)C1CCCCC1. The molecule has 0 aromatic heterocycles. The molecule has 92 valence electrons. The molecule has 0 atom stereocenters. The number of hydrogen-bond acceptors (Lipinski definition) is 3. The molecule has 2 fully saturated rings. The number of hydroxylamine groups is 1. The Morgan fingerprint density at radius 2 is 1.44 bits per heavy atom. The molecule has 0 radical (unpaired) electrons. The highest BCUT2D eigenvalue weighted by Crippen LogP contribution is 2.24. The summed E-state index contributed by atoms with van der Waals surface area (Å²) in [4.78, 5) is 17.0. The lowest BCUT2D eigenvalue weighted by atomic mass is 9.89. The second kappa shape index (κ2) is 6.24. The van der Waals surface area contributed by atoms with Crippen LogP contribution < -0.4 is 5.48 Å². The van der Waals surface area contributed by atoms with E-state index in [1.807, 2.05) is 0 Å². The van der Waals surface area contributed by atoms with E-state index in [1.165, 1.54) is 38.5 Å². The van der Waals surface area contributed by atoms with Gasteiger partial charge in [0.2, 0.25) is 0 Å². The molecule has 2 rings (SSSR count). The molecule has 0 unspecified atom stereocenters. The van der Waals surface area contributed by atoms with Crippen LogP contribution in [-0.2, 0) is 9.63 Å². The smallest absolute Gasteiger partial charge is 0.327 e. The first kappa shape index (κ1) is 11.9. The van der Waals surface area contributed by atoms with Crippen molar-refractivity contribution in [2.24, 2.45) is 5.92 Å². The summed E-state index contributed by atoms with van der Waals surface area (Å²) >= 11 is 0. The van der Waals surface area contributed by atoms with Crippen LogP contribution in [0.5, 0.6) is 0 Å². The monoisotopic (exact) mass is 225 g/mol. The van der Waals surface area contributed by atoms with Crippen LogP contribution in [0.2, 0.25) is 0 Å². The highest BCUT2D eigenvalue weighted by atomic mass is 16.7. The van der Waals surface area contributed by atoms with Crippen LogP contribution in [0.3, 0.4) is 0 Å². The van der Waals surface area contributed by atoms with E-state index in [9.17, 15) is 4.79 Å². The first-order valence-electron chi connectivity index (χ1n) is 6.82. The lowest BCUT2D eigenvalue weighted by Gasteiger charge is -2.24. The van der Waals surface area contributed by atoms with Gasteiger partial charge in [-0.3, -0.25) is 4.79 Å². The molecule has 0 aromatic rings. The second-order valence-corrected chi connectivity index (χ2v) is 5.21. The Hall–Kier alpha value is -0.570. The molecular weight excluding hydrogens is 202 g/mol. The minimum Gasteiger partial charge on any atom is -0.370 e. The Labute approximate surface area is 97.9 Å². The van der Waals surface area contributed by atoms with E-state index in [1.54, 1.807) is 0 Å². The van der Waals surface area contributed by atoms with Gasteiger partial charge in [0.15, 0.2) is 0 Å². The average Bonchev–Trinajstić information content (AvgIpc) is 2.38. The third-order valence-electron chi connectivity index (χ3n) is 3.87. The molecule has 2 aliphatic carbocycles. The molecule has 2 aliphatic rings. The van der Waals surface area contributed by atoms with Crippen LogP contribution in [0.4, 0.5) is 0 Å². The van der Waals surface area contributed by atoms with Crippen molar-refractivity contribution in [1.82, 2.24) is 5.48 Å². The summed E-state index contributed by atoms with van der Waals surface area (Å²) in [7, 11) is 0. The van der Waals surface area contributed by atoms with Gasteiger partial charge in [-0.2, -0.15) is 5.48 Å². The van der Waals surface area contributed by atoms with Crippen molar-refractivity contribution in [3.05, 3.63) is 0 Å². The number of carbonyl (C=O) groups is 1. The van der Waals surface area contributed by atoms with E-state index in [-0.39, 0.29) is 11.9 Å². The van der Waals surface area contributed by atoms with Gasteiger partial charge in [0.1, 0.15) is 0 Å². The summed E-state index contributed by atoms with van der Waals surface area (Å²) in [6.45, 7) is 0. The van der Waals surface area contributed by atoms with Crippen LogP contribution in [-0.4, -0.2) is 12.0 Å². The fourth-order valence-electron chi connectivity index (χ4n) is 2.78. The molecule has 0 spiro atoms. The first-order valence-corrected chi connectivity index (χ1v) is 6.82. The number of carbonyl (C=O) groups excluding carboxylic acids is 1. The van der Waals surface area contributed by atoms with Crippen molar-refractivity contribution in [2.75, 3.05) is 0 Å². The summed E-state index contributed by atoms with van der Waals surface area (Å²) < 4.78 is 0. The zero-order valence-corrected chi connectivity index (χ0v) is 10.0. The van der Waals surface area contributed by atoms with E-state index in [0.29, 0.717) is 6.04 Å². The molecule has 0 saturated heterocycles. The molecule has 1 N–H and O–H groups in total. The molecule has 0 bridgehead atoms. The van der Waals surface area contributed by atoms with Gasteiger partial charge in [-0.05, 0) is 25.7 Å². The van der Waals surface area contributed by atoms with Crippen molar-refractivity contribution in [2.45, 2.75) is 70.3 Å². The first-order chi connectivity index (χ1) is 7.86. The Kier molecular flexibility index (Phi) is 4.64. The molecule has 16 heavy (non-hydrogen) atoms. The molecule has 0 aliphatic heterocycles. The van der Waals surface area contributed by atoms with E-state index in [2.05, 4.69) is 5.48 Å².